The zero-order chi connectivity index (χ0) is 11.7. The van der Waals surface area contributed by atoms with Gasteiger partial charge in [-0.2, -0.15) is 4.98 Å². The first-order valence-electron chi connectivity index (χ1n) is 4.34. The molecule has 0 bridgehead atoms. The number of hydrogen-bond donors (Lipinski definition) is 2. The molecule has 8 heteroatoms. The fourth-order valence-corrected chi connectivity index (χ4v) is 2.17. The van der Waals surface area contributed by atoms with E-state index in [2.05, 4.69) is 45.2 Å². The highest BCUT2D eigenvalue weighted by Crippen LogP contribution is 2.27. The van der Waals surface area contributed by atoms with E-state index in [4.69, 9.17) is 0 Å². The third-order valence-corrected chi connectivity index (χ3v) is 2.78. The van der Waals surface area contributed by atoms with Crippen LogP contribution in [0.4, 0.5) is 11.1 Å². The van der Waals surface area contributed by atoms with E-state index in [-0.39, 0.29) is 0 Å². The molecule has 0 atom stereocenters. The van der Waals surface area contributed by atoms with Crippen LogP contribution in [0.1, 0.15) is 0 Å². The normalized spacial score (nSPS) is 10.5. The molecule has 84 valence electrons. The van der Waals surface area contributed by atoms with Crippen LogP contribution in [-0.2, 0) is 0 Å². The SMILES string of the molecule is CN(C)c1ncc2nc(N=C(S)S)sc2n1. The lowest BCUT2D eigenvalue weighted by Gasteiger charge is -2.07. The lowest BCUT2D eigenvalue weighted by atomic mass is 10.6. The lowest BCUT2D eigenvalue weighted by molar-refractivity contribution is 1.02. The van der Waals surface area contributed by atoms with Crippen LogP contribution < -0.4 is 4.90 Å². The van der Waals surface area contributed by atoms with Crippen molar-refractivity contribution in [3.05, 3.63) is 6.20 Å². The Morgan fingerprint density at radius 1 is 1.38 bits per heavy atom. The number of hydrogen-bond acceptors (Lipinski definition) is 6. The van der Waals surface area contributed by atoms with E-state index in [1.165, 1.54) is 11.3 Å². The Labute approximate surface area is 107 Å². The van der Waals surface area contributed by atoms with Gasteiger partial charge in [-0.05, 0) is 0 Å². The number of fused-ring (bicyclic) bond motifs is 1. The Balaban J connectivity index is 2.50. The second kappa shape index (κ2) is 4.56. The minimum absolute atomic E-state index is 0.375. The molecule has 0 N–H and O–H groups in total. The fraction of sp³-hybridized carbons (Fsp3) is 0.250. The first kappa shape index (κ1) is 11.6. The summed E-state index contributed by atoms with van der Waals surface area (Å²) in [6, 6.07) is 0. The minimum atomic E-state index is 0.375. The van der Waals surface area contributed by atoms with Gasteiger partial charge >= 0.3 is 0 Å². The van der Waals surface area contributed by atoms with E-state index in [1.54, 1.807) is 6.20 Å². The maximum Gasteiger partial charge on any atom is 0.226 e. The fourth-order valence-electron chi connectivity index (χ4n) is 1.06. The third kappa shape index (κ3) is 2.45. The van der Waals surface area contributed by atoms with Crippen molar-refractivity contribution in [3.63, 3.8) is 0 Å². The Morgan fingerprint density at radius 2 is 2.12 bits per heavy atom. The predicted octanol–water partition coefficient (Wildman–Crippen LogP) is 2.00. The van der Waals surface area contributed by atoms with Gasteiger partial charge in [0.1, 0.15) is 9.89 Å². The Kier molecular flexibility index (Phi) is 3.31. The molecule has 0 fully saturated rings. The molecule has 0 amide bonds. The summed E-state index contributed by atoms with van der Waals surface area (Å²) in [6.45, 7) is 0. The van der Waals surface area contributed by atoms with Crippen molar-refractivity contribution in [2.45, 2.75) is 0 Å². The van der Waals surface area contributed by atoms with Crippen molar-refractivity contribution in [2.75, 3.05) is 19.0 Å². The molecule has 2 aromatic heterocycles. The zero-order valence-electron chi connectivity index (χ0n) is 8.62. The summed E-state index contributed by atoms with van der Waals surface area (Å²) in [5, 5.41) is 0.584. The molecular weight excluding hydrogens is 262 g/mol. The quantitative estimate of drug-likeness (QED) is 0.498. The molecule has 0 saturated heterocycles. The van der Waals surface area contributed by atoms with Crippen LogP contribution >= 0.6 is 36.6 Å². The van der Waals surface area contributed by atoms with Crippen LogP contribution in [0.5, 0.6) is 0 Å². The van der Waals surface area contributed by atoms with Gasteiger partial charge in [0.05, 0.1) is 6.20 Å². The summed E-state index contributed by atoms with van der Waals surface area (Å²) in [7, 11) is 3.78. The molecule has 5 nitrogen and oxygen atoms in total. The molecule has 2 aromatic rings. The number of rotatable bonds is 2. The monoisotopic (exact) mass is 271 g/mol. The van der Waals surface area contributed by atoms with E-state index in [0.29, 0.717) is 15.5 Å². The number of aromatic nitrogens is 3. The average molecular weight is 271 g/mol. The highest BCUT2D eigenvalue weighted by molar-refractivity contribution is 8.23. The molecule has 2 heterocycles. The minimum Gasteiger partial charge on any atom is -0.347 e. The van der Waals surface area contributed by atoms with Gasteiger partial charge in [0, 0.05) is 14.1 Å². The van der Waals surface area contributed by atoms with Crippen LogP contribution in [-0.4, -0.2) is 33.4 Å². The Morgan fingerprint density at radius 3 is 2.75 bits per heavy atom. The van der Waals surface area contributed by atoms with E-state index < -0.39 is 0 Å². The smallest absolute Gasteiger partial charge is 0.226 e. The highest BCUT2D eigenvalue weighted by Gasteiger charge is 2.07. The number of thiazole rings is 1. The van der Waals surface area contributed by atoms with Crippen molar-refractivity contribution >= 4 is 62.4 Å². The number of anilines is 1. The predicted molar refractivity (Wildman–Crippen MR) is 74.6 cm³/mol. The molecule has 0 aliphatic carbocycles. The molecule has 0 saturated carbocycles. The summed E-state index contributed by atoms with van der Waals surface area (Å²) >= 11 is 9.34. The second-order valence-electron chi connectivity index (χ2n) is 3.16. The van der Waals surface area contributed by atoms with Gasteiger partial charge in [-0.3, -0.25) is 0 Å². The van der Waals surface area contributed by atoms with E-state index in [9.17, 15) is 0 Å². The van der Waals surface area contributed by atoms with E-state index in [0.717, 1.165) is 10.3 Å². The first-order valence-corrected chi connectivity index (χ1v) is 6.05. The number of nitrogens with zero attached hydrogens (tertiary/aromatic N) is 5. The van der Waals surface area contributed by atoms with E-state index >= 15 is 0 Å². The summed E-state index contributed by atoms with van der Waals surface area (Å²) in [4.78, 5) is 19.5. The van der Waals surface area contributed by atoms with Crippen LogP contribution in [0.2, 0.25) is 0 Å². The number of thiol groups is 2. The molecular formula is C8H9N5S3. The number of aliphatic imine (C=N–C) groups is 1. The molecule has 16 heavy (non-hydrogen) atoms. The van der Waals surface area contributed by atoms with Crippen molar-refractivity contribution in [2.24, 2.45) is 4.99 Å². The second-order valence-corrected chi connectivity index (χ2v) is 5.32. The Hall–Kier alpha value is -0.860. The van der Waals surface area contributed by atoms with Crippen molar-refractivity contribution in [3.8, 4) is 0 Å². The topological polar surface area (TPSA) is 54.3 Å². The van der Waals surface area contributed by atoms with Crippen LogP contribution in [0.3, 0.4) is 0 Å². The average Bonchev–Trinajstić information content (AvgIpc) is 2.56. The molecule has 0 aromatic carbocycles. The summed E-state index contributed by atoms with van der Waals surface area (Å²) in [5.74, 6) is 0.656. The first-order chi connectivity index (χ1) is 7.56. The molecule has 0 spiro atoms. The van der Waals surface area contributed by atoms with Gasteiger partial charge in [-0.1, -0.05) is 11.3 Å². The van der Waals surface area contributed by atoms with Gasteiger partial charge < -0.3 is 4.90 Å². The Bertz CT molecular complexity index is 544. The zero-order valence-corrected chi connectivity index (χ0v) is 11.2. The summed E-state index contributed by atoms with van der Waals surface area (Å²) < 4.78 is 0.375. The molecule has 0 aliphatic heterocycles. The third-order valence-electron chi connectivity index (χ3n) is 1.72. The molecule has 0 radical (unpaired) electrons. The van der Waals surface area contributed by atoms with Gasteiger partial charge in [0.25, 0.3) is 0 Å². The lowest BCUT2D eigenvalue weighted by Crippen LogP contribution is -2.11. The maximum atomic E-state index is 4.35. The van der Waals surface area contributed by atoms with E-state index in [1.807, 2.05) is 19.0 Å². The van der Waals surface area contributed by atoms with Gasteiger partial charge in [-0.15, -0.1) is 25.3 Å². The van der Waals surface area contributed by atoms with Crippen molar-refractivity contribution < 1.29 is 0 Å². The maximum absolute atomic E-state index is 4.35. The summed E-state index contributed by atoms with van der Waals surface area (Å²) in [6.07, 6.45) is 1.68. The van der Waals surface area contributed by atoms with Gasteiger partial charge in [-0.25, -0.2) is 15.0 Å². The van der Waals surface area contributed by atoms with Gasteiger partial charge in [0.15, 0.2) is 4.83 Å². The van der Waals surface area contributed by atoms with Crippen LogP contribution in [0.15, 0.2) is 11.2 Å². The molecule has 2 rings (SSSR count). The summed E-state index contributed by atoms with van der Waals surface area (Å²) in [5.41, 5.74) is 0.734. The molecule has 0 aliphatic rings. The van der Waals surface area contributed by atoms with Gasteiger partial charge in [0.2, 0.25) is 11.1 Å². The van der Waals surface area contributed by atoms with Crippen molar-refractivity contribution in [1.29, 1.82) is 0 Å². The van der Waals surface area contributed by atoms with Crippen molar-refractivity contribution in [1.82, 2.24) is 15.0 Å². The molecule has 0 unspecified atom stereocenters. The standard InChI is InChI=1S/C8H9N5S3/c1-13(2)6-9-3-4-5(11-6)16-7(10-4)12-8(14)15/h3H,1-2H3,(H2,10,12,14,15). The largest absolute Gasteiger partial charge is 0.347 e. The van der Waals surface area contributed by atoms with Crippen LogP contribution in [0, 0.1) is 0 Å². The van der Waals surface area contributed by atoms with Crippen LogP contribution in [0.25, 0.3) is 10.3 Å². The highest BCUT2D eigenvalue weighted by atomic mass is 32.2.